The Labute approximate surface area is 82.9 Å². The van der Waals surface area contributed by atoms with Crippen LogP contribution >= 0.6 is 11.6 Å². The first kappa shape index (κ1) is 10.5. The summed E-state index contributed by atoms with van der Waals surface area (Å²) in [5, 5.41) is 7.40. The first-order valence-corrected chi connectivity index (χ1v) is 3.82. The van der Waals surface area contributed by atoms with Gasteiger partial charge in [-0.3, -0.25) is 4.79 Å². The van der Waals surface area contributed by atoms with Crippen LogP contribution in [0.25, 0.3) is 0 Å². The van der Waals surface area contributed by atoms with E-state index >= 15 is 0 Å². The molecule has 0 aliphatic rings. The number of halogens is 3. The minimum absolute atomic E-state index is 0.386. The number of carbonyl (C=O) groups is 1. The molecule has 0 aliphatic carbocycles. The maximum absolute atomic E-state index is 12.4. The highest BCUT2D eigenvalue weighted by molar-refractivity contribution is 6.68. The van der Waals surface area contributed by atoms with Gasteiger partial charge in [-0.05, 0) is 17.7 Å². The van der Waals surface area contributed by atoms with Gasteiger partial charge in [-0.15, -0.1) is 0 Å². The normalized spacial score (nSPS) is 9.93. The van der Waals surface area contributed by atoms with Gasteiger partial charge in [0.2, 0.25) is 0 Å². The topological polar surface area (TPSA) is 53.8 Å². The van der Waals surface area contributed by atoms with Crippen molar-refractivity contribution in [3.8, 4) is 6.07 Å². The van der Waals surface area contributed by atoms with Crippen LogP contribution in [-0.2, 0) is 0 Å². The van der Waals surface area contributed by atoms with Crippen LogP contribution in [0.1, 0.15) is 28.0 Å². The molecule has 0 unspecified atom stereocenters. The molecule has 0 bridgehead atoms. The molecular weight excluding hydrogens is 214 g/mol. The Morgan fingerprint density at radius 1 is 1.64 bits per heavy atom. The monoisotopic (exact) mass is 216 g/mol. The molecule has 0 spiro atoms. The van der Waals surface area contributed by atoms with Crippen molar-refractivity contribution in [3.63, 3.8) is 0 Å². The van der Waals surface area contributed by atoms with Gasteiger partial charge in [-0.1, -0.05) is 0 Å². The molecule has 14 heavy (non-hydrogen) atoms. The molecule has 72 valence electrons. The van der Waals surface area contributed by atoms with Crippen LogP contribution in [0.2, 0.25) is 0 Å². The van der Waals surface area contributed by atoms with Gasteiger partial charge >= 0.3 is 0 Å². The van der Waals surface area contributed by atoms with Crippen molar-refractivity contribution in [2.24, 2.45) is 0 Å². The lowest BCUT2D eigenvalue weighted by atomic mass is 10.1. The van der Waals surface area contributed by atoms with Gasteiger partial charge in [0.25, 0.3) is 11.7 Å². The summed E-state index contributed by atoms with van der Waals surface area (Å²) in [6.45, 7) is 0. The molecule has 0 N–H and O–H groups in total. The van der Waals surface area contributed by atoms with E-state index in [2.05, 4.69) is 4.98 Å². The third kappa shape index (κ3) is 1.86. The highest BCUT2D eigenvalue weighted by Gasteiger charge is 2.21. The molecular formula is C8H3ClF2N2O. The van der Waals surface area contributed by atoms with Crippen molar-refractivity contribution in [2.75, 3.05) is 0 Å². The second kappa shape index (κ2) is 4.11. The van der Waals surface area contributed by atoms with E-state index in [1.54, 1.807) is 0 Å². The molecule has 0 aliphatic heterocycles. The summed E-state index contributed by atoms with van der Waals surface area (Å²) < 4.78 is 24.7. The highest BCUT2D eigenvalue weighted by atomic mass is 35.5. The van der Waals surface area contributed by atoms with E-state index in [0.717, 1.165) is 12.3 Å². The van der Waals surface area contributed by atoms with Crippen molar-refractivity contribution in [2.45, 2.75) is 6.43 Å². The molecule has 0 radical (unpaired) electrons. The van der Waals surface area contributed by atoms with Gasteiger partial charge in [-0.2, -0.15) is 5.26 Å². The second-order valence-corrected chi connectivity index (χ2v) is 2.65. The van der Waals surface area contributed by atoms with Gasteiger partial charge in [0.05, 0.1) is 5.56 Å². The summed E-state index contributed by atoms with van der Waals surface area (Å²) in [5.74, 6) is 0. The highest BCUT2D eigenvalue weighted by Crippen LogP contribution is 2.25. The fraction of sp³-hybridized carbons (Fsp3) is 0.125. The molecule has 6 heteroatoms. The van der Waals surface area contributed by atoms with Crippen molar-refractivity contribution < 1.29 is 13.6 Å². The Bertz CT molecular complexity index is 414. The zero-order valence-corrected chi connectivity index (χ0v) is 7.42. The standard InChI is InChI=1S/C8H3ClF2N2O/c9-7(14)6-4(8(10)11)1-2-13-5(6)3-12/h1-2,8H. The molecule has 1 heterocycles. The Kier molecular flexibility index (Phi) is 3.10. The van der Waals surface area contributed by atoms with E-state index < -0.39 is 22.8 Å². The minimum Gasteiger partial charge on any atom is -0.275 e. The summed E-state index contributed by atoms with van der Waals surface area (Å²) in [6, 6.07) is 2.48. The van der Waals surface area contributed by atoms with Crippen molar-refractivity contribution in [1.29, 1.82) is 5.26 Å². The average Bonchev–Trinajstić information content (AvgIpc) is 2.16. The lowest BCUT2D eigenvalue weighted by Gasteiger charge is -2.04. The van der Waals surface area contributed by atoms with Crippen molar-refractivity contribution in [3.05, 3.63) is 29.1 Å². The van der Waals surface area contributed by atoms with E-state index in [4.69, 9.17) is 16.9 Å². The number of hydrogen-bond donors (Lipinski definition) is 0. The molecule has 1 aromatic heterocycles. The summed E-state index contributed by atoms with van der Waals surface area (Å²) >= 11 is 5.07. The van der Waals surface area contributed by atoms with Gasteiger partial charge in [0.1, 0.15) is 6.07 Å². The quantitative estimate of drug-likeness (QED) is 0.713. The fourth-order valence-electron chi connectivity index (χ4n) is 0.950. The minimum atomic E-state index is -2.86. The first-order chi connectivity index (χ1) is 6.57. The van der Waals surface area contributed by atoms with E-state index in [1.165, 1.54) is 6.07 Å². The number of nitrogens with zero attached hydrogens (tertiary/aromatic N) is 2. The number of nitriles is 1. The number of carbonyl (C=O) groups excluding carboxylic acids is 1. The van der Waals surface area contributed by atoms with Crippen LogP contribution in [-0.4, -0.2) is 10.2 Å². The van der Waals surface area contributed by atoms with E-state index in [0.29, 0.717) is 0 Å². The molecule has 3 nitrogen and oxygen atoms in total. The third-order valence-electron chi connectivity index (χ3n) is 1.52. The lowest BCUT2D eigenvalue weighted by molar-refractivity contribution is 0.106. The summed E-state index contributed by atoms with van der Waals surface area (Å²) in [4.78, 5) is 14.3. The molecule has 1 aromatic rings. The van der Waals surface area contributed by atoms with Crippen LogP contribution in [0.4, 0.5) is 8.78 Å². The number of aromatic nitrogens is 1. The van der Waals surface area contributed by atoms with Crippen LogP contribution in [0.5, 0.6) is 0 Å². The third-order valence-corrected chi connectivity index (χ3v) is 1.71. The van der Waals surface area contributed by atoms with E-state index in [1.807, 2.05) is 0 Å². The summed E-state index contributed by atoms with van der Waals surface area (Å²) in [5.41, 5.74) is -1.48. The second-order valence-electron chi connectivity index (χ2n) is 2.31. The molecule has 0 saturated heterocycles. The van der Waals surface area contributed by atoms with Crippen molar-refractivity contribution >= 4 is 16.8 Å². The smallest absolute Gasteiger partial charge is 0.264 e. The Morgan fingerprint density at radius 3 is 2.71 bits per heavy atom. The van der Waals surface area contributed by atoms with Gasteiger partial charge in [0, 0.05) is 11.8 Å². The largest absolute Gasteiger partial charge is 0.275 e. The number of hydrogen-bond acceptors (Lipinski definition) is 3. The molecule has 0 saturated carbocycles. The number of alkyl halides is 2. The molecule has 0 aromatic carbocycles. The lowest BCUT2D eigenvalue weighted by Crippen LogP contribution is -2.03. The Morgan fingerprint density at radius 2 is 2.29 bits per heavy atom. The van der Waals surface area contributed by atoms with Gasteiger partial charge in [0.15, 0.2) is 5.69 Å². The predicted molar refractivity (Wildman–Crippen MR) is 44.1 cm³/mol. The Hall–Kier alpha value is -1.54. The molecule has 0 fully saturated rings. The SMILES string of the molecule is N#Cc1nccc(C(F)F)c1C(=O)Cl. The number of rotatable bonds is 2. The summed E-state index contributed by atoms with van der Waals surface area (Å²) in [6.07, 6.45) is -1.83. The van der Waals surface area contributed by atoms with Crippen LogP contribution in [0, 0.1) is 11.3 Å². The van der Waals surface area contributed by atoms with Gasteiger partial charge in [-0.25, -0.2) is 13.8 Å². The maximum atomic E-state index is 12.4. The van der Waals surface area contributed by atoms with Gasteiger partial charge < -0.3 is 0 Å². The number of pyridine rings is 1. The van der Waals surface area contributed by atoms with Crippen LogP contribution in [0.15, 0.2) is 12.3 Å². The average molecular weight is 217 g/mol. The zero-order valence-electron chi connectivity index (χ0n) is 6.67. The molecule has 0 amide bonds. The van der Waals surface area contributed by atoms with E-state index in [-0.39, 0.29) is 5.69 Å². The van der Waals surface area contributed by atoms with Crippen molar-refractivity contribution in [1.82, 2.24) is 4.98 Å². The summed E-state index contributed by atoms with van der Waals surface area (Å²) in [7, 11) is 0. The van der Waals surface area contributed by atoms with E-state index in [9.17, 15) is 13.6 Å². The molecule has 1 rings (SSSR count). The fourth-order valence-corrected chi connectivity index (χ4v) is 1.15. The molecule has 0 atom stereocenters. The zero-order chi connectivity index (χ0) is 10.7. The Balaban J connectivity index is 3.45. The van der Waals surface area contributed by atoms with Crippen LogP contribution < -0.4 is 0 Å². The first-order valence-electron chi connectivity index (χ1n) is 3.45. The predicted octanol–water partition coefficient (Wildman–Crippen LogP) is 2.27. The maximum Gasteiger partial charge on any atom is 0.264 e. The van der Waals surface area contributed by atoms with Crippen LogP contribution in [0.3, 0.4) is 0 Å².